The molecule has 31 heavy (non-hydrogen) atoms. The average Bonchev–Trinajstić information content (AvgIpc) is 2.72. The molecule has 1 saturated heterocycles. The zero-order valence-corrected chi connectivity index (χ0v) is 19.3. The van der Waals surface area contributed by atoms with Crippen molar-refractivity contribution in [3.63, 3.8) is 0 Å². The van der Waals surface area contributed by atoms with Gasteiger partial charge in [-0.25, -0.2) is 0 Å². The van der Waals surface area contributed by atoms with E-state index in [1.165, 1.54) is 0 Å². The molecule has 0 spiro atoms. The standard InChI is InChI=1S/C24H30ClN3O3/c1-17-6-5-7-18(2)22(17)26-21(29)16-27-12-14-28(15-13-27)23(30)24(3,4)31-20-10-8-19(25)9-11-20/h5-11H,12-16H2,1-4H3,(H,26,29). The highest BCUT2D eigenvalue weighted by atomic mass is 35.5. The van der Waals surface area contributed by atoms with Crippen molar-refractivity contribution in [3.8, 4) is 5.75 Å². The molecule has 1 aliphatic heterocycles. The lowest BCUT2D eigenvalue weighted by Gasteiger charge is -2.38. The molecule has 0 unspecified atom stereocenters. The molecular formula is C24H30ClN3O3. The summed E-state index contributed by atoms with van der Waals surface area (Å²) in [4.78, 5) is 29.4. The molecule has 0 saturated carbocycles. The predicted molar refractivity (Wildman–Crippen MR) is 124 cm³/mol. The lowest BCUT2D eigenvalue weighted by molar-refractivity contribution is -0.147. The molecule has 2 amide bonds. The topological polar surface area (TPSA) is 61.9 Å². The summed E-state index contributed by atoms with van der Waals surface area (Å²) in [5.41, 5.74) is 1.98. The van der Waals surface area contributed by atoms with Crippen molar-refractivity contribution in [3.05, 3.63) is 58.6 Å². The fourth-order valence-electron chi connectivity index (χ4n) is 3.72. The largest absolute Gasteiger partial charge is 0.478 e. The highest BCUT2D eigenvalue weighted by Crippen LogP contribution is 2.23. The molecule has 1 heterocycles. The third-order valence-corrected chi connectivity index (χ3v) is 5.73. The van der Waals surface area contributed by atoms with Crippen LogP contribution in [0.2, 0.25) is 5.02 Å². The van der Waals surface area contributed by atoms with Crippen LogP contribution >= 0.6 is 11.6 Å². The number of aryl methyl sites for hydroxylation is 2. The number of para-hydroxylation sites is 1. The summed E-state index contributed by atoms with van der Waals surface area (Å²) in [6.45, 7) is 10.2. The van der Waals surface area contributed by atoms with Crippen LogP contribution in [0.1, 0.15) is 25.0 Å². The van der Waals surface area contributed by atoms with Crippen molar-refractivity contribution < 1.29 is 14.3 Å². The van der Waals surface area contributed by atoms with Crippen LogP contribution in [0, 0.1) is 13.8 Å². The number of nitrogens with zero attached hydrogens (tertiary/aromatic N) is 2. The maximum atomic E-state index is 13.0. The Balaban J connectivity index is 1.50. The second kappa shape index (κ2) is 9.71. The van der Waals surface area contributed by atoms with E-state index >= 15 is 0 Å². The van der Waals surface area contributed by atoms with Crippen molar-refractivity contribution in [2.75, 3.05) is 38.0 Å². The number of carbonyl (C=O) groups is 2. The molecule has 7 heteroatoms. The van der Waals surface area contributed by atoms with Gasteiger partial charge in [0.05, 0.1) is 6.54 Å². The molecule has 0 radical (unpaired) electrons. The summed E-state index contributed by atoms with van der Waals surface area (Å²) in [7, 11) is 0. The summed E-state index contributed by atoms with van der Waals surface area (Å²) in [6.07, 6.45) is 0. The molecule has 1 N–H and O–H groups in total. The first kappa shape index (κ1) is 23.1. The van der Waals surface area contributed by atoms with Crippen molar-refractivity contribution in [1.82, 2.24) is 9.80 Å². The summed E-state index contributed by atoms with van der Waals surface area (Å²) >= 11 is 5.91. The van der Waals surface area contributed by atoms with Gasteiger partial charge >= 0.3 is 0 Å². The first-order valence-corrected chi connectivity index (χ1v) is 10.9. The van der Waals surface area contributed by atoms with Crippen molar-refractivity contribution in [2.24, 2.45) is 0 Å². The van der Waals surface area contributed by atoms with E-state index in [4.69, 9.17) is 16.3 Å². The smallest absolute Gasteiger partial charge is 0.266 e. The van der Waals surface area contributed by atoms with Gasteiger partial charge in [-0.2, -0.15) is 0 Å². The number of amides is 2. The van der Waals surface area contributed by atoms with E-state index < -0.39 is 5.60 Å². The third-order valence-electron chi connectivity index (χ3n) is 5.47. The highest BCUT2D eigenvalue weighted by molar-refractivity contribution is 6.30. The zero-order chi connectivity index (χ0) is 22.6. The Morgan fingerprint density at radius 1 is 1.00 bits per heavy atom. The van der Waals surface area contributed by atoms with Crippen LogP contribution in [0.15, 0.2) is 42.5 Å². The molecule has 0 aromatic heterocycles. The molecule has 2 aromatic carbocycles. The molecule has 0 bridgehead atoms. The predicted octanol–water partition coefficient (Wildman–Crippen LogP) is 3.90. The summed E-state index contributed by atoms with van der Waals surface area (Å²) in [6, 6.07) is 12.9. The minimum atomic E-state index is -0.990. The number of ether oxygens (including phenoxy) is 1. The van der Waals surface area contributed by atoms with Gasteiger partial charge in [-0.05, 0) is 63.1 Å². The van der Waals surface area contributed by atoms with Gasteiger partial charge in [0.15, 0.2) is 5.60 Å². The average molecular weight is 444 g/mol. The number of carbonyl (C=O) groups excluding carboxylic acids is 2. The molecule has 0 atom stereocenters. The van der Waals surface area contributed by atoms with E-state index in [9.17, 15) is 9.59 Å². The van der Waals surface area contributed by atoms with E-state index in [1.54, 1.807) is 43.0 Å². The van der Waals surface area contributed by atoms with Crippen LogP contribution in [0.25, 0.3) is 0 Å². The van der Waals surface area contributed by atoms with E-state index in [2.05, 4.69) is 10.2 Å². The third kappa shape index (κ3) is 5.99. The molecule has 1 aliphatic rings. The van der Waals surface area contributed by atoms with Gasteiger partial charge in [0.2, 0.25) is 5.91 Å². The maximum absolute atomic E-state index is 13.0. The Bertz CT molecular complexity index is 915. The minimum Gasteiger partial charge on any atom is -0.478 e. The lowest BCUT2D eigenvalue weighted by atomic mass is 10.1. The quantitative estimate of drug-likeness (QED) is 0.735. The van der Waals surface area contributed by atoms with Gasteiger partial charge in [-0.3, -0.25) is 14.5 Å². The number of piperazine rings is 1. The summed E-state index contributed by atoms with van der Waals surface area (Å²) < 4.78 is 5.92. The van der Waals surface area contributed by atoms with E-state index in [0.29, 0.717) is 43.5 Å². The molecule has 3 rings (SSSR count). The number of nitrogens with one attached hydrogen (secondary N) is 1. The van der Waals surface area contributed by atoms with Crippen LogP contribution in [0.3, 0.4) is 0 Å². The molecule has 166 valence electrons. The number of rotatable bonds is 6. The Morgan fingerprint density at radius 3 is 2.16 bits per heavy atom. The molecule has 0 aliphatic carbocycles. The zero-order valence-electron chi connectivity index (χ0n) is 18.6. The lowest BCUT2D eigenvalue weighted by Crippen LogP contribution is -2.56. The van der Waals surface area contributed by atoms with Crippen LogP contribution in [-0.4, -0.2) is 59.9 Å². The number of halogens is 1. The van der Waals surface area contributed by atoms with Gasteiger partial charge in [0.25, 0.3) is 5.91 Å². The van der Waals surface area contributed by atoms with Gasteiger partial charge in [0.1, 0.15) is 5.75 Å². The molecule has 1 fully saturated rings. The number of anilines is 1. The van der Waals surface area contributed by atoms with Gasteiger partial charge in [-0.1, -0.05) is 29.8 Å². The van der Waals surface area contributed by atoms with Crippen molar-refractivity contribution >= 4 is 29.1 Å². The normalized spacial score (nSPS) is 14.9. The maximum Gasteiger partial charge on any atom is 0.266 e. The number of hydrogen-bond acceptors (Lipinski definition) is 4. The SMILES string of the molecule is Cc1cccc(C)c1NC(=O)CN1CCN(C(=O)C(C)(C)Oc2ccc(Cl)cc2)CC1. The first-order chi connectivity index (χ1) is 14.7. The minimum absolute atomic E-state index is 0.0384. The molecule has 2 aromatic rings. The van der Waals surface area contributed by atoms with E-state index in [-0.39, 0.29) is 11.8 Å². The fourth-order valence-corrected chi connectivity index (χ4v) is 3.85. The van der Waals surface area contributed by atoms with Crippen molar-refractivity contribution in [2.45, 2.75) is 33.3 Å². The van der Waals surface area contributed by atoms with Gasteiger partial charge in [0, 0.05) is 36.9 Å². The number of hydrogen-bond donors (Lipinski definition) is 1. The van der Waals surface area contributed by atoms with Crippen LogP contribution in [-0.2, 0) is 9.59 Å². The highest BCUT2D eigenvalue weighted by Gasteiger charge is 2.36. The Hall–Kier alpha value is -2.57. The Morgan fingerprint density at radius 2 is 1.58 bits per heavy atom. The van der Waals surface area contributed by atoms with E-state index in [0.717, 1.165) is 16.8 Å². The van der Waals surface area contributed by atoms with Crippen LogP contribution in [0.5, 0.6) is 5.75 Å². The van der Waals surface area contributed by atoms with Gasteiger partial charge < -0.3 is 15.0 Å². The van der Waals surface area contributed by atoms with E-state index in [1.807, 2.05) is 32.0 Å². The summed E-state index contributed by atoms with van der Waals surface area (Å²) in [5, 5.41) is 3.64. The Kier molecular flexibility index (Phi) is 7.23. The molecular weight excluding hydrogens is 414 g/mol. The van der Waals surface area contributed by atoms with Gasteiger partial charge in [-0.15, -0.1) is 0 Å². The van der Waals surface area contributed by atoms with Crippen LogP contribution in [0.4, 0.5) is 5.69 Å². The first-order valence-electron chi connectivity index (χ1n) is 10.5. The second-order valence-corrected chi connectivity index (χ2v) is 8.89. The number of benzene rings is 2. The Labute approximate surface area is 189 Å². The second-order valence-electron chi connectivity index (χ2n) is 8.45. The van der Waals surface area contributed by atoms with Crippen molar-refractivity contribution in [1.29, 1.82) is 0 Å². The monoisotopic (exact) mass is 443 g/mol. The fraction of sp³-hybridized carbons (Fsp3) is 0.417. The summed E-state index contributed by atoms with van der Waals surface area (Å²) in [5.74, 6) is 0.496. The van der Waals surface area contributed by atoms with Crippen LogP contribution < -0.4 is 10.1 Å². The molecule has 6 nitrogen and oxygen atoms in total.